The van der Waals surface area contributed by atoms with Gasteiger partial charge >= 0.3 is 0 Å². The molecule has 1 saturated heterocycles. The highest BCUT2D eigenvalue weighted by Gasteiger charge is 2.29. The van der Waals surface area contributed by atoms with Gasteiger partial charge in [-0.05, 0) is 43.9 Å². The first-order chi connectivity index (χ1) is 9.56. The zero-order valence-electron chi connectivity index (χ0n) is 11.9. The third-order valence-electron chi connectivity index (χ3n) is 4.19. The second-order valence-corrected chi connectivity index (χ2v) is 5.85. The summed E-state index contributed by atoms with van der Waals surface area (Å²) in [6.45, 7) is 5.15. The van der Waals surface area contributed by atoms with E-state index in [0.29, 0.717) is 17.3 Å². The molecule has 5 nitrogen and oxygen atoms in total. The van der Waals surface area contributed by atoms with Crippen LogP contribution in [0.1, 0.15) is 37.2 Å². The van der Waals surface area contributed by atoms with Crippen LogP contribution in [0.2, 0.25) is 0 Å². The van der Waals surface area contributed by atoms with Crippen molar-refractivity contribution in [2.24, 2.45) is 5.92 Å². The maximum atomic E-state index is 12.7. The summed E-state index contributed by atoms with van der Waals surface area (Å²) in [5, 5.41) is 7.91. The van der Waals surface area contributed by atoms with Crippen molar-refractivity contribution in [1.82, 2.24) is 15.1 Å². The van der Waals surface area contributed by atoms with Gasteiger partial charge in [0.2, 0.25) is 0 Å². The minimum absolute atomic E-state index is 0.00116. The van der Waals surface area contributed by atoms with Crippen LogP contribution in [0, 0.1) is 5.92 Å². The number of piperidine rings is 1. The number of rotatable bonds is 1. The Bertz CT molecular complexity index is 648. The summed E-state index contributed by atoms with van der Waals surface area (Å²) >= 11 is 0. The number of amides is 1. The molecule has 106 valence electrons. The maximum Gasteiger partial charge on any atom is 0.275 e. The number of carbonyl (C=O) groups is 1. The van der Waals surface area contributed by atoms with Crippen molar-refractivity contribution in [2.45, 2.75) is 32.7 Å². The van der Waals surface area contributed by atoms with Crippen LogP contribution in [0.4, 0.5) is 5.69 Å². The van der Waals surface area contributed by atoms with Crippen LogP contribution in [-0.2, 0) is 0 Å². The van der Waals surface area contributed by atoms with E-state index in [0.717, 1.165) is 30.3 Å². The van der Waals surface area contributed by atoms with Crippen LogP contribution < -0.4 is 5.73 Å². The summed E-state index contributed by atoms with van der Waals surface area (Å²) < 4.78 is 0. The molecule has 0 aliphatic carbocycles. The first-order valence-corrected chi connectivity index (χ1v) is 7.11. The normalized spacial score (nSPS) is 23.2. The van der Waals surface area contributed by atoms with Crippen molar-refractivity contribution in [1.29, 1.82) is 0 Å². The van der Waals surface area contributed by atoms with Crippen LogP contribution in [0.25, 0.3) is 10.9 Å². The van der Waals surface area contributed by atoms with Crippen LogP contribution in [-0.4, -0.2) is 33.6 Å². The van der Waals surface area contributed by atoms with E-state index in [2.05, 4.69) is 24.0 Å². The predicted octanol–water partition coefficient (Wildman–Crippen LogP) is 2.41. The third kappa shape index (κ3) is 2.13. The quantitative estimate of drug-likeness (QED) is 0.783. The monoisotopic (exact) mass is 272 g/mol. The SMILES string of the molecule is CC1CCN(C(=O)c2n[nH]c3ccc(N)cc23)C(C)C1. The summed E-state index contributed by atoms with van der Waals surface area (Å²) in [6.07, 6.45) is 2.11. The molecule has 1 aliphatic heterocycles. The Morgan fingerprint density at radius 1 is 1.45 bits per heavy atom. The molecule has 2 aromatic rings. The average Bonchev–Trinajstić information content (AvgIpc) is 2.81. The highest BCUT2D eigenvalue weighted by Crippen LogP contribution is 2.26. The molecule has 20 heavy (non-hydrogen) atoms. The first kappa shape index (κ1) is 13.0. The van der Waals surface area contributed by atoms with E-state index in [1.807, 2.05) is 17.0 Å². The van der Waals surface area contributed by atoms with E-state index in [4.69, 9.17) is 5.73 Å². The van der Waals surface area contributed by atoms with Crippen molar-refractivity contribution in [2.75, 3.05) is 12.3 Å². The molecular weight excluding hydrogens is 252 g/mol. The van der Waals surface area contributed by atoms with Gasteiger partial charge in [-0.15, -0.1) is 0 Å². The van der Waals surface area contributed by atoms with Crippen molar-refractivity contribution in [3.8, 4) is 0 Å². The van der Waals surface area contributed by atoms with Gasteiger partial charge in [0.15, 0.2) is 5.69 Å². The summed E-state index contributed by atoms with van der Waals surface area (Å²) in [5.74, 6) is 0.682. The Balaban J connectivity index is 1.94. The van der Waals surface area contributed by atoms with Gasteiger partial charge in [0, 0.05) is 23.7 Å². The van der Waals surface area contributed by atoms with Crippen LogP contribution in [0.15, 0.2) is 18.2 Å². The van der Waals surface area contributed by atoms with Crippen molar-refractivity contribution in [3.63, 3.8) is 0 Å². The molecule has 2 unspecified atom stereocenters. The number of likely N-dealkylation sites (tertiary alicyclic amines) is 1. The number of nitrogens with zero attached hydrogens (tertiary/aromatic N) is 2. The molecule has 5 heteroatoms. The molecule has 1 aliphatic rings. The Morgan fingerprint density at radius 3 is 3.00 bits per heavy atom. The van der Waals surface area contributed by atoms with Crippen LogP contribution in [0.3, 0.4) is 0 Å². The molecule has 0 saturated carbocycles. The average molecular weight is 272 g/mol. The Kier molecular flexibility index (Phi) is 3.12. The van der Waals surface area contributed by atoms with Crippen LogP contribution in [0.5, 0.6) is 0 Å². The first-order valence-electron chi connectivity index (χ1n) is 7.11. The standard InChI is InChI=1S/C15H20N4O/c1-9-5-6-19(10(2)7-9)15(20)14-12-8-11(16)3-4-13(12)17-18-14/h3-4,8-10H,5-7,16H2,1-2H3,(H,17,18). The number of fused-ring (bicyclic) bond motifs is 1. The number of nitrogens with one attached hydrogen (secondary N) is 1. The van der Waals surface area contributed by atoms with Gasteiger partial charge < -0.3 is 10.6 Å². The smallest absolute Gasteiger partial charge is 0.275 e. The van der Waals surface area contributed by atoms with E-state index in [-0.39, 0.29) is 11.9 Å². The number of hydrogen-bond donors (Lipinski definition) is 2. The van der Waals surface area contributed by atoms with Crippen molar-refractivity contribution in [3.05, 3.63) is 23.9 Å². The van der Waals surface area contributed by atoms with Gasteiger partial charge in [0.1, 0.15) is 0 Å². The molecule has 1 amide bonds. The lowest BCUT2D eigenvalue weighted by Gasteiger charge is -2.36. The van der Waals surface area contributed by atoms with Gasteiger partial charge in [-0.1, -0.05) is 6.92 Å². The lowest BCUT2D eigenvalue weighted by atomic mass is 9.93. The van der Waals surface area contributed by atoms with Crippen molar-refractivity contribution >= 4 is 22.5 Å². The van der Waals surface area contributed by atoms with Gasteiger partial charge in [0.25, 0.3) is 5.91 Å². The number of hydrogen-bond acceptors (Lipinski definition) is 3. The van der Waals surface area contributed by atoms with E-state index in [1.54, 1.807) is 6.07 Å². The predicted molar refractivity (Wildman–Crippen MR) is 79.4 cm³/mol. The number of benzene rings is 1. The molecule has 1 aromatic carbocycles. The minimum Gasteiger partial charge on any atom is -0.399 e. The highest BCUT2D eigenvalue weighted by atomic mass is 16.2. The molecule has 1 fully saturated rings. The molecule has 1 aromatic heterocycles. The molecule has 0 bridgehead atoms. The van der Waals surface area contributed by atoms with Crippen LogP contribution >= 0.6 is 0 Å². The summed E-state index contributed by atoms with van der Waals surface area (Å²) in [4.78, 5) is 14.6. The molecule has 2 heterocycles. The molecule has 0 spiro atoms. The second kappa shape index (κ2) is 4.81. The topological polar surface area (TPSA) is 75.0 Å². The molecule has 3 rings (SSSR count). The molecule has 2 atom stereocenters. The lowest BCUT2D eigenvalue weighted by Crippen LogP contribution is -2.44. The van der Waals surface area contributed by atoms with E-state index < -0.39 is 0 Å². The number of nitrogens with two attached hydrogens (primary N) is 1. The van der Waals surface area contributed by atoms with Gasteiger partial charge in [-0.25, -0.2) is 0 Å². The Hall–Kier alpha value is -2.04. The van der Waals surface area contributed by atoms with E-state index >= 15 is 0 Å². The Labute approximate surface area is 118 Å². The molecule has 0 radical (unpaired) electrons. The van der Waals surface area contributed by atoms with Crippen molar-refractivity contribution < 1.29 is 4.79 Å². The second-order valence-electron chi connectivity index (χ2n) is 5.85. The number of aromatic amines is 1. The van der Waals surface area contributed by atoms with Gasteiger partial charge in [-0.2, -0.15) is 5.10 Å². The summed E-state index contributed by atoms with van der Waals surface area (Å²) in [5.41, 5.74) is 7.78. The summed E-state index contributed by atoms with van der Waals surface area (Å²) in [7, 11) is 0. The molecular formula is C15H20N4O. The zero-order chi connectivity index (χ0) is 14.3. The van der Waals surface area contributed by atoms with Gasteiger partial charge in [-0.3, -0.25) is 9.89 Å². The van der Waals surface area contributed by atoms with E-state index in [9.17, 15) is 4.79 Å². The number of carbonyl (C=O) groups excluding carboxylic acids is 1. The lowest BCUT2D eigenvalue weighted by molar-refractivity contribution is 0.0584. The minimum atomic E-state index is 0.00116. The maximum absolute atomic E-state index is 12.7. The van der Waals surface area contributed by atoms with Gasteiger partial charge in [0.05, 0.1) is 5.52 Å². The Morgan fingerprint density at radius 2 is 2.25 bits per heavy atom. The molecule has 3 N–H and O–H groups in total. The number of aromatic nitrogens is 2. The summed E-state index contributed by atoms with van der Waals surface area (Å²) in [6, 6.07) is 5.73. The largest absolute Gasteiger partial charge is 0.399 e. The number of H-pyrrole nitrogens is 1. The third-order valence-corrected chi connectivity index (χ3v) is 4.19. The number of nitrogen functional groups attached to an aromatic ring is 1. The fourth-order valence-electron chi connectivity index (χ4n) is 3.04. The zero-order valence-corrected chi connectivity index (χ0v) is 11.9. The fraction of sp³-hybridized carbons (Fsp3) is 0.467. The van der Waals surface area contributed by atoms with E-state index in [1.165, 1.54) is 0 Å². The highest BCUT2D eigenvalue weighted by molar-refractivity contribution is 6.05. The number of anilines is 1. The fourth-order valence-corrected chi connectivity index (χ4v) is 3.04.